The van der Waals surface area contributed by atoms with Gasteiger partial charge in [-0.05, 0) is 6.07 Å². The Kier molecular flexibility index (Phi) is 3.96. The predicted octanol–water partition coefficient (Wildman–Crippen LogP) is 1.12. The van der Waals surface area contributed by atoms with Crippen molar-refractivity contribution in [1.82, 2.24) is 5.32 Å². The Morgan fingerprint density at radius 2 is 2.37 bits per heavy atom. The molecule has 0 radical (unpaired) electrons. The van der Waals surface area contributed by atoms with Gasteiger partial charge in [-0.25, -0.2) is 0 Å². The van der Waals surface area contributed by atoms with Crippen LogP contribution in [0.4, 0.5) is 5.69 Å². The van der Waals surface area contributed by atoms with Crippen LogP contribution in [0.25, 0.3) is 0 Å². The lowest BCUT2D eigenvalue weighted by molar-refractivity contribution is -0.386. The van der Waals surface area contributed by atoms with Crippen molar-refractivity contribution in [3.63, 3.8) is 0 Å². The van der Waals surface area contributed by atoms with E-state index < -0.39 is 4.92 Å². The lowest BCUT2D eigenvalue weighted by Crippen LogP contribution is -2.19. The molecule has 7 nitrogen and oxygen atoms in total. The first-order valence-electron chi connectivity index (χ1n) is 5.86. The summed E-state index contributed by atoms with van der Waals surface area (Å²) in [7, 11) is 1.50. The smallest absolute Gasteiger partial charge is 0.310 e. The zero-order chi connectivity index (χ0) is 13.8. The molecule has 2 rings (SSSR count). The Labute approximate surface area is 109 Å². The highest BCUT2D eigenvalue weighted by molar-refractivity contribution is 5.94. The van der Waals surface area contributed by atoms with Crippen molar-refractivity contribution < 1.29 is 19.2 Å². The number of hydrogen-bond donors (Lipinski definition) is 1. The summed E-state index contributed by atoms with van der Waals surface area (Å²) < 4.78 is 10.7. The maximum atomic E-state index is 11.5. The van der Waals surface area contributed by atoms with Crippen LogP contribution in [0, 0.1) is 10.1 Å². The molecule has 1 unspecified atom stereocenters. The molecular formula is C12H14N2O5. The Bertz CT molecular complexity index is 497. The molecule has 1 aromatic carbocycles. The van der Waals surface area contributed by atoms with Gasteiger partial charge < -0.3 is 14.8 Å². The van der Waals surface area contributed by atoms with Gasteiger partial charge in [-0.2, -0.15) is 0 Å². The predicted molar refractivity (Wildman–Crippen MR) is 66.3 cm³/mol. The highest BCUT2D eigenvalue weighted by Gasteiger charge is 2.23. The summed E-state index contributed by atoms with van der Waals surface area (Å²) in [5, 5.41) is 13.4. The Morgan fingerprint density at radius 1 is 1.58 bits per heavy atom. The van der Waals surface area contributed by atoms with Gasteiger partial charge in [0.05, 0.1) is 18.1 Å². The maximum Gasteiger partial charge on any atom is 0.310 e. The van der Waals surface area contributed by atoms with Crippen molar-refractivity contribution in [2.24, 2.45) is 0 Å². The van der Waals surface area contributed by atoms with Crippen molar-refractivity contribution in [2.75, 3.05) is 20.3 Å². The third kappa shape index (κ3) is 3.00. The van der Waals surface area contributed by atoms with Gasteiger partial charge in [-0.15, -0.1) is 0 Å². The van der Waals surface area contributed by atoms with Crippen LogP contribution in [-0.4, -0.2) is 37.2 Å². The zero-order valence-corrected chi connectivity index (χ0v) is 10.4. The number of nitro benzene ring substituents is 1. The third-order valence-electron chi connectivity index (χ3n) is 2.83. The van der Waals surface area contributed by atoms with Gasteiger partial charge in [0, 0.05) is 31.2 Å². The van der Waals surface area contributed by atoms with Gasteiger partial charge >= 0.3 is 5.69 Å². The van der Waals surface area contributed by atoms with Gasteiger partial charge in [0.1, 0.15) is 6.10 Å². The molecule has 1 aromatic rings. The summed E-state index contributed by atoms with van der Waals surface area (Å²) in [4.78, 5) is 21.9. The molecule has 7 heteroatoms. The summed E-state index contributed by atoms with van der Waals surface area (Å²) >= 11 is 0. The van der Waals surface area contributed by atoms with Gasteiger partial charge in [0.15, 0.2) is 5.75 Å². The van der Waals surface area contributed by atoms with E-state index >= 15 is 0 Å². The monoisotopic (exact) mass is 266 g/mol. The Morgan fingerprint density at radius 3 is 2.95 bits per heavy atom. The molecule has 0 spiro atoms. The minimum Gasteiger partial charge on any atom is -0.481 e. The van der Waals surface area contributed by atoms with E-state index in [9.17, 15) is 14.9 Å². The summed E-state index contributed by atoms with van der Waals surface area (Å²) in [5.74, 6) is -0.219. The lowest BCUT2D eigenvalue weighted by atomic mass is 10.1. The number of ether oxygens (including phenoxy) is 2. The second-order valence-electron chi connectivity index (χ2n) is 4.12. The largest absolute Gasteiger partial charge is 0.481 e. The fourth-order valence-corrected chi connectivity index (χ4v) is 1.83. The molecule has 1 atom stereocenters. The number of hydrogen-bond acceptors (Lipinski definition) is 5. The standard InChI is InChI=1S/C12H14N2O5/c1-13-12(15)8-2-3-10(14(16)17)11(6-8)19-9-4-5-18-7-9/h2-3,6,9H,4-5,7H2,1H3,(H,13,15). The normalized spacial score (nSPS) is 18.1. The zero-order valence-electron chi connectivity index (χ0n) is 10.4. The van der Waals surface area contributed by atoms with Crippen LogP contribution in [0.1, 0.15) is 16.8 Å². The number of carbonyl (C=O) groups is 1. The fourth-order valence-electron chi connectivity index (χ4n) is 1.83. The van der Waals surface area contributed by atoms with E-state index in [4.69, 9.17) is 9.47 Å². The Balaban J connectivity index is 2.29. The van der Waals surface area contributed by atoms with E-state index in [2.05, 4.69) is 5.32 Å². The molecule has 0 aromatic heterocycles. The second kappa shape index (κ2) is 5.66. The molecule has 1 aliphatic rings. The number of nitrogens with one attached hydrogen (secondary N) is 1. The van der Waals surface area contributed by atoms with Crippen molar-refractivity contribution in [1.29, 1.82) is 0 Å². The van der Waals surface area contributed by atoms with Crippen LogP contribution < -0.4 is 10.1 Å². The molecule has 0 bridgehead atoms. The first-order chi connectivity index (χ1) is 9.11. The van der Waals surface area contributed by atoms with E-state index in [0.717, 1.165) is 0 Å². The molecule has 102 valence electrons. The molecular weight excluding hydrogens is 252 g/mol. The SMILES string of the molecule is CNC(=O)c1ccc([N+](=O)[O-])c(OC2CCOC2)c1. The number of carbonyl (C=O) groups excluding carboxylic acids is 1. The molecule has 0 aliphatic carbocycles. The summed E-state index contributed by atoms with van der Waals surface area (Å²) in [6.07, 6.45) is 0.472. The van der Waals surface area contributed by atoms with E-state index in [0.29, 0.717) is 25.2 Å². The highest BCUT2D eigenvalue weighted by atomic mass is 16.6. The van der Waals surface area contributed by atoms with Crippen molar-refractivity contribution in [3.8, 4) is 5.75 Å². The van der Waals surface area contributed by atoms with Gasteiger partial charge in [-0.3, -0.25) is 14.9 Å². The van der Waals surface area contributed by atoms with Gasteiger partial charge in [0.25, 0.3) is 5.91 Å². The van der Waals surface area contributed by atoms with E-state index in [-0.39, 0.29) is 23.4 Å². The second-order valence-corrected chi connectivity index (χ2v) is 4.12. The number of nitro groups is 1. The molecule has 19 heavy (non-hydrogen) atoms. The summed E-state index contributed by atoms with van der Waals surface area (Å²) in [6, 6.07) is 4.06. The van der Waals surface area contributed by atoms with E-state index in [1.54, 1.807) is 0 Å². The van der Waals surface area contributed by atoms with Crippen molar-refractivity contribution >= 4 is 11.6 Å². The number of benzene rings is 1. The fraction of sp³-hybridized carbons (Fsp3) is 0.417. The summed E-state index contributed by atoms with van der Waals surface area (Å²) in [6.45, 7) is 0.981. The number of rotatable bonds is 4. The molecule has 1 saturated heterocycles. The van der Waals surface area contributed by atoms with Gasteiger partial charge in [0.2, 0.25) is 0 Å². The van der Waals surface area contributed by atoms with E-state index in [1.807, 2.05) is 0 Å². The summed E-state index contributed by atoms with van der Waals surface area (Å²) in [5.41, 5.74) is 0.168. The highest BCUT2D eigenvalue weighted by Crippen LogP contribution is 2.30. The maximum absolute atomic E-state index is 11.5. The number of nitrogens with zero attached hydrogens (tertiary/aromatic N) is 1. The first kappa shape index (κ1) is 13.3. The minimum atomic E-state index is -0.529. The van der Waals surface area contributed by atoms with Crippen molar-refractivity contribution in [3.05, 3.63) is 33.9 Å². The average Bonchev–Trinajstić information content (AvgIpc) is 2.90. The lowest BCUT2D eigenvalue weighted by Gasteiger charge is -2.12. The molecule has 1 heterocycles. The molecule has 1 N–H and O–H groups in total. The minimum absolute atomic E-state index is 0.0987. The van der Waals surface area contributed by atoms with Crippen LogP contribution in [0.2, 0.25) is 0 Å². The molecule has 1 amide bonds. The Hall–Kier alpha value is -2.15. The first-order valence-corrected chi connectivity index (χ1v) is 5.86. The molecule has 1 fully saturated rings. The molecule has 1 aliphatic heterocycles. The van der Waals surface area contributed by atoms with Gasteiger partial charge in [-0.1, -0.05) is 0 Å². The van der Waals surface area contributed by atoms with Crippen LogP contribution in [0.15, 0.2) is 18.2 Å². The van der Waals surface area contributed by atoms with E-state index in [1.165, 1.54) is 25.2 Å². The number of amides is 1. The average molecular weight is 266 g/mol. The topological polar surface area (TPSA) is 90.7 Å². The van der Waals surface area contributed by atoms with Crippen LogP contribution in [0.3, 0.4) is 0 Å². The quantitative estimate of drug-likeness (QED) is 0.651. The van der Waals surface area contributed by atoms with Crippen LogP contribution in [0.5, 0.6) is 5.75 Å². The third-order valence-corrected chi connectivity index (χ3v) is 2.83. The van der Waals surface area contributed by atoms with Crippen molar-refractivity contribution in [2.45, 2.75) is 12.5 Å². The van der Waals surface area contributed by atoms with Crippen LogP contribution in [-0.2, 0) is 4.74 Å². The van der Waals surface area contributed by atoms with Crippen LogP contribution >= 0.6 is 0 Å². The molecule has 0 saturated carbocycles.